The van der Waals surface area contributed by atoms with Gasteiger partial charge in [-0.1, -0.05) is 24.3 Å². The highest BCUT2D eigenvalue weighted by molar-refractivity contribution is 7.89. The predicted octanol–water partition coefficient (Wildman–Crippen LogP) is 1.65. The van der Waals surface area contributed by atoms with Crippen LogP contribution in [0.3, 0.4) is 0 Å². The van der Waals surface area contributed by atoms with Gasteiger partial charge in [0, 0.05) is 12.6 Å². The number of sulfonamides is 1. The Morgan fingerprint density at radius 2 is 2.00 bits per heavy atom. The van der Waals surface area contributed by atoms with Crippen LogP contribution in [-0.4, -0.2) is 41.7 Å². The molecule has 2 aromatic rings. The van der Waals surface area contributed by atoms with Crippen molar-refractivity contribution in [3.8, 4) is 5.75 Å². The summed E-state index contributed by atoms with van der Waals surface area (Å²) in [5.74, 6) is -0.407. The number of hydrogen-bond donors (Lipinski definition) is 2. The van der Waals surface area contributed by atoms with Gasteiger partial charge in [0.25, 0.3) is 0 Å². The van der Waals surface area contributed by atoms with Crippen molar-refractivity contribution < 1.29 is 22.7 Å². The molecule has 0 aromatic heterocycles. The van der Waals surface area contributed by atoms with Crippen molar-refractivity contribution in [3.63, 3.8) is 0 Å². The SMILES string of the molecule is COC(=O)c1cc(S(=O)(=O)NCC2NCCc3ccccc32)ccc1OC. The molecule has 1 heterocycles. The molecule has 7 nitrogen and oxygen atoms in total. The van der Waals surface area contributed by atoms with E-state index in [1.165, 1.54) is 38.0 Å². The number of rotatable bonds is 6. The Morgan fingerprint density at radius 3 is 2.74 bits per heavy atom. The first kappa shape index (κ1) is 19.3. The van der Waals surface area contributed by atoms with Crippen molar-refractivity contribution in [2.24, 2.45) is 0 Å². The fourth-order valence-corrected chi connectivity index (χ4v) is 4.25. The third-order valence-corrected chi connectivity index (χ3v) is 6.00. The minimum absolute atomic E-state index is 0.0206. The Kier molecular flexibility index (Phi) is 5.79. The first-order chi connectivity index (χ1) is 13.0. The molecule has 1 atom stereocenters. The standard InChI is InChI=1S/C19H22N2O5S/c1-25-18-8-7-14(11-16(18)19(22)26-2)27(23,24)21-12-17-15-6-4-3-5-13(15)9-10-20-17/h3-8,11,17,20-21H,9-10,12H2,1-2H3. The Balaban J connectivity index is 1.81. The van der Waals surface area contributed by atoms with Gasteiger partial charge in [0.15, 0.2) is 0 Å². The molecule has 0 saturated heterocycles. The molecule has 0 aliphatic carbocycles. The van der Waals surface area contributed by atoms with E-state index in [0.717, 1.165) is 18.5 Å². The molecule has 0 saturated carbocycles. The largest absolute Gasteiger partial charge is 0.496 e. The zero-order valence-corrected chi connectivity index (χ0v) is 16.0. The molecule has 8 heteroatoms. The van der Waals surface area contributed by atoms with Crippen molar-refractivity contribution in [1.82, 2.24) is 10.0 Å². The van der Waals surface area contributed by atoms with Crippen molar-refractivity contribution in [3.05, 3.63) is 59.2 Å². The number of ether oxygens (including phenoxy) is 2. The summed E-state index contributed by atoms with van der Waals surface area (Å²) < 4.78 is 37.9. The Morgan fingerprint density at radius 1 is 1.22 bits per heavy atom. The highest BCUT2D eigenvalue weighted by Crippen LogP contribution is 2.25. The monoisotopic (exact) mass is 390 g/mol. The average molecular weight is 390 g/mol. The molecule has 1 aliphatic heterocycles. The summed E-state index contributed by atoms with van der Waals surface area (Å²) in [5, 5.41) is 3.34. The van der Waals surface area contributed by atoms with Crippen LogP contribution in [0.1, 0.15) is 27.5 Å². The zero-order chi connectivity index (χ0) is 19.4. The fourth-order valence-electron chi connectivity index (χ4n) is 3.18. The molecular formula is C19H22N2O5S. The molecule has 27 heavy (non-hydrogen) atoms. The number of fused-ring (bicyclic) bond motifs is 1. The van der Waals surface area contributed by atoms with E-state index in [9.17, 15) is 13.2 Å². The molecule has 1 unspecified atom stereocenters. The van der Waals surface area contributed by atoms with Crippen LogP contribution in [0.4, 0.5) is 0 Å². The van der Waals surface area contributed by atoms with Gasteiger partial charge in [0.2, 0.25) is 10.0 Å². The second-order valence-corrected chi connectivity index (χ2v) is 7.93. The third-order valence-electron chi connectivity index (χ3n) is 4.58. The second-order valence-electron chi connectivity index (χ2n) is 6.16. The number of hydrogen-bond acceptors (Lipinski definition) is 6. The maximum atomic E-state index is 12.7. The van der Waals surface area contributed by atoms with Gasteiger partial charge in [-0.05, 0) is 42.3 Å². The Bertz CT molecular complexity index is 943. The lowest BCUT2D eigenvalue weighted by atomic mass is 9.95. The van der Waals surface area contributed by atoms with Crippen molar-refractivity contribution in [1.29, 1.82) is 0 Å². The van der Waals surface area contributed by atoms with Crippen LogP contribution >= 0.6 is 0 Å². The van der Waals surface area contributed by atoms with E-state index in [1.54, 1.807) is 0 Å². The summed E-state index contributed by atoms with van der Waals surface area (Å²) in [5.41, 5.74) is 2.37. The van der Waals surface area contributed by atoms with E-state index < -0.39 is 16.0 Å². The van der Waals surface area contributed by atoms with Gasteiger partial charge in [-0.25, -0.2) is 17.9 Å². The number of carbonyl (C=O) groups is 1. The summed E-state index contributed by atoms with van der Waals surface area (Å²) >= 11 is 0. The summed E-state index contributed by atoms with van der Waals surface area (Å²) in [6.45, 7) is 0.997. The number of methoxy groups -OCH3 is 2. The summed E-state index contributed by atoms with van der Waals surface area (Å²) in [6, 6.07) is 12.0. The topological polar surface area (TPSA) is 93.7 Å². The summed E-state index contributed by atoms with van der Waals surface area (Å²) in [7, 11) is -1.17. The summed E-state index contributed by atoms with van der Waals surface area (Å²) in [4.78, 5) is 11.9. The Hall–Kier alpha value is -2.42. The molecule has 3 rings (SSSR count). The number of benzene rings is 2. The normalized spacial score (nSPS) is 16.4. The number of esters is 1. The Labute approximate surface area is 158 Å². The maximum Gasteiger partial charge on any atom is 0.341 e. The van der Waals surface area contributed by atoms with Gasteiger partial charge in [-0.3, -0.25) is 0 Å². The number of nitrogens with one attached hydrogen (secondary N) is 2. The molecule has 0 spiro atoms. The lowest BCUT2D eigenvalue weighted by molar-refractivity contribution is 0.0597. The van der Waals surface area contributed by atoms with Gasteiger partial charge in [-0.15, -0.1) is 0 Å². The molecule has 0 fully saturated rings. The molecule has 0 amide bonds. The lowest BCUT2D eigenvalue weighted by Gasteiger charge is -2.27. The molecule has 0 bridgehead atoms. The first-order valence-electron chi connectivity index (χ1n) is 8.53. The van der Waals surface area contributed by atoms with E-state index in [-0.39, 0.29) is 28.8 Å². The highest BCUT2D eigenvalue weighted by Gasteiger charge is 2.24. The van der Waals surface area contributed by atoms with E-state index in [0.29, 0.717) is 0 Å². The van der Waals surface area contributed by atoms with E-state index in [4.69, 9.17) is 9.47 Å². The smallest absolute Gasteiger partial charge is 0.341 e. The van der Waals surface area contributed by atoms with Crippen LogP contribution in [0.5, 0.6) is 5.75 Å². The summed E-state index contributed by atoms with van der Waals surface area (Å²) in [6.07, 6.45) is 0.917. The quantitative estimate of drug-likeness (QED) is 0.729. The van der Waals surface area contributed by atoms with E-state index in [1.807, 2.05) is 18.2 Å². The third kappa shape index (κ3) is 4.13. The predicted molar refractivity (Wildman–Crippen MR) is 100 cm³/mol. The minimum Gasteiger partial charge on any atom is -0.496 e. The molecule has 2 N–H and O–H groups in total. The second kappa shape index (κ2) is 8.08. The van der Waals surface area contributed by atoms with Gasteiger partial charge in [-0.2, -0.15) is 0 Å². The average Bonchev–Trinajstić information content (AvgIpc) is 2.71. The van der Waals surface area contributed by atoms with Crippen molar-refractivity contribution >= 4 is 16.0 Å². The van der Waals surface area contributed by atoms with Gasteiger partial charge >= 0.3 is 5.97 Å². The van der Waals surface area contributed by atoms with E-state index >= 15 is 0 Å². The zero-order valence-electron chi connectivity index (χ0n) is 15.2. The van der Waals surface area contributed by atoms with Crippen molar-refractivity contribution in [2.45, 2.75) is 17.4 Å². The molecule has 0 radical (unpaired) electrons. The molecular weight excluding hydrogens is 368 g/mol. The van der Waals surface area contributed by atoms with Crippen LogP contribution < -0.4 is 14.8 Å². The van der Waals surface area contributed by atoms with Crippen molar-refractivity contribution in [2.75, 3.05) is 27.3 Å². The van der Waals surface area contributed by atoms with Crippen LogP contribution in [0.2, 0.25) is 0 Å². The molecule has 1 aliphatic rings. The van der Waals surface area contributed by atoms with Gasteiger partial charge < -0.3 is 14.8 Å². The lowest BCUT2D eigenvalue weighted by Crippen LogP contribution is -2.38. The fraction of sp³-hybridized carbons (Fsp3) is 0.316. The van der Waals surface area contributed by atoms with Crippen LogP contribution in [0, 0.1) is 0 Å². The molecule has 2 aromatic carbocycles. The minimum atomic E-state index is -3.80. The van der Waals surface area contributed by atoms with Crippen LogP contribution in [0.15, 0.2) is 47.4 Å². The first-order valence-corrected chi connectivity index (χ1v) is 10.0. The highest BCUT2D eigenvalue weighted by atomic mass is 32.2. The van der Waals surface area contributed by atoms with Gasteiger partial charge in [0.05, 0.1) is 19.1 Å². The molecule has 144 valence electrons. The van der Waals surface area contributed by atoms with E-state index in [2.05, 4.69) is 16.1 Å². The maximum absolute atomic E-state index is 12.7. The van der Waals surface area contributed by atoms with Crippen LogP contribution in [0.25, 0.3) is 0 Å². The number of carbonyl (C=O) groups excluding carboxylic acids is 1. The van der Waals surface area contributed by atoms with Gasteiger partial charge in [0.1, 0.15) is 11.3 Å². The van der Waals surface area contributed by atoms with Crippen LogP contribution in [-0.2, 0) is 21.2 Å².